The van der Waals surface area contributed by atoms with E-state index in [4.69, 9.17) is 4.74 Å². The van der Waals surface area contributed by atoms with Gasteiger partial charge in [0.25, 0.3) is 0 Å². The molecular weight excluding hydrogens is 707 g/mol. The van der Waals surface area contributed by atoms with Gasteiger partial charge in [-0.1, -0.05) is 197 Å². The number of aliphatic hydroxyl groups excluding tert-OH is 2. The first-order valence-corrected chi connectivity index (χ1v) is 24.0. The smallest absolute Gasteiger partial charge is 0.306 e. The minimum absolute atomic E-state index is 0.00541. The minimum atomic E-state index is -0.812. The number of ether oxygens (including phenoxy) is 1. The van der Waals surface area contributed by atoms with E-state index in [-0.39, 0.29) is 24.9 Å². The van der Waals surface area contributed by atoms with Crippen LogP contribution in [0, 0.1) is 0 Å². The van der Waals surface area contributed by atoms with Gasteiger partial charge in [-0.05, 0) is 70.6 Å². The van der Waals surface area contributed by atoms with Crippen LogP contribution in [0.2, 0.25) is 0 Å². The molecular formula is C51H91NO5. The Balaban J connectivity index is 4.77. The fourth-order valence-corrected chi connectivity index (χ4v) is 6.87. The van der Waals surface area contributed by atoms with E-state index < -0.39 is 18.2 Å². The lowest BCUT2D eigenvalue weighted by atomic mass is 10.0. The predicted octanol–water partition coefficient (Wildman–Crippen LogP) is 14.1. The molecule has 0 radical (unpaired) electrons. The van der Waals surface area contributed by atoms with Crippen molar-refractivity contribution in [3.8, 4) is 0 Å². The first-order chi connectivity index (χ1) is 28.0. The van der Waals surface area contributed by atoms with Crippen LogP contribution in [-0.2, 0) is 14.3 Å². The second kappa shape index (κ2) is 44.7. The van der Waals surface area contributed by atoms with Crippen LogP contribution in [0.15, 0.2) is 60.8 Å². The van der Waals surface area contributed by atoms with E-state index in [0.29, 0.717) is 19.3 Å². The van der Waals surface area contributed by atoms with Crippen molar-refractivity contribution in [2.24, 2.45) is 0 Å². The number of carbonyl (C=O) groups excluding carboxylic acids is 2. The lowest BCUT2D eigenvalue weighted by Gasteiger charge is -2.24. The number of esters is 1. The molecule has 0 aliphatic carbocycles. The van der Waals surface area contributed by atoms with Crippen LogP contribution in [0.1, 0.15) is 226 Å². The SMILES string of the molecule is CCCCC/C=C\C/C=C\C/C=C\C/C=C\CC(CC(=O)NC(CO)C(O)CCCCCCCCCCC)OC(=O)CCCCC/C=C\CCCCCCCCC. The van der Waals surface area contributed by atoms with Crippen molar-refractivity contribution in [3.05, 3.63) is 60.8 Å². The van der Waals surface area contributed by atoms with Crippen molar-refractivity contribution >= 4 is 11.9 Å². The normalized spacial score (nSPS) is 13.8. The topological polar surface area (TPSA) is 95.9 Å². The van der Waals surface area contributed by atoms with Gasteiger partial charge in [0.05, 0.1) is 25.2 Å². The van der Waals surface area contributed by atoms with E-state index in [9.17, 15) is 19.8 Å². The Morgan fingerprint density at radius 2 is 0.930 bits per heavy atom. The monoisotopic (exact) mass is 798 g/mol. The van der Waals surface area contributed by atoms with E-state index >= 15 is 0 Å². The fraction of sp³-hybridized carbons (Fsp3) is 0.765. The third-order valence-corrected chi connectivity index (χ3v) is 10.6. The number of nitrogens with one attached hydrogen (secondary N) is 1. The van der Waals surface area contributed by atoms with E-state index in [1.807, 2.05) is 12.2 Å². The first kappa shape index (κ1) is 54.6. The maximum absolute atomic E-state index is 13.1. The highest BCUT2D eigenvalue weighted by Crippen LogP contribution is 2.15. The van der Waals surface area contributed by atoms with E-state index in [0.717, 1.165) is 70.6 Å². The summed E-state index contributed by atoms with van der Waals surface area (Å²) in [5, 5.41) is 23.6. The van der Waals surface area contributed by atoms with Gasteiger partial charge in [0.15, 0.2) is 0 Å². The van der Waals surface area contributed by atoms with Crippen molar-refractivity contribution < 1.29 is 24.5 Å². The second-order valence-electron chi connectivity index (χ2n) is 16.2. The van der Waals surface area contributed by atoms with Gasteiger partial charge in [-0.15, -0.1) is 0 Å². The number of hydrogen-bond donors (Lipinski definition) is 3. The molecule has 6 nitrogen and oxygen atoms in total. The van der Waals surface area contributed by atoms with Crippen LogP contribution in [0.3, 0.4) is 0 Å². The van der Waals surface area contributed by atoms with Gasteiger partial charge in [-0.2, -0.15) is 0 Å². The van der Waals surface area contributed by atoms with Gasteiger partial charge in [0, 0.05) is 12.8 Å². The van der Waals surface area contributed by atoms with Crippen molar-refractivity contribution in [2.45, 2.75) is 244 Å². The summed E-state index contributed by atoms with van der Waals surface area (Å²) < 4.78 is 5.84. The summed E-state index contributed by atoms with van der Waals surface area (Å²) >= 11 is 0. The Morgan fingerprint density at radius 1 is 0.526 bits per heavy atom. The van der Waals surface area contributed by atoms with Crippen LogP contribution < -0.4 is 5.32 Å². The zero-order valence-electron chi connectivity index (χ0n) is 37.5. The molecule has 0 aliphatic heterocycles. The van der Waals surface area contributed by atoms with Crippen LogP contribution in [0.25, 0.3) is 0 Å². The first-order valence-electron chi connectivity index (χ1n) is 24.0. The Kier molecular flexibility index (Phi) is 42.7. The summed E-state index contributed by atoms with van der Waals surface area (Å²) in [6.07, 6.45) is 54.4. The molecule has 3 N–H and O–H groups in total. The Hall–Kier alpha value is -2.44. The van der Waals surface area contributed by atoms with Crippen LogP contribution in [0.5, 0.6) is 0 Å². The molecule has 0 bridgehead atoms. The average Bonchev–Trinajstić information content (AvgIpc) is 3.20. The minimum Gasteiger partial charge on any atom is -0.461 e. The third-order valence-electron chi connectivity index (χ3n) is 10.6. The summed E-state index contributed by atoms with van der Waals surface area (Å²) in [5.41, 5.74) is 0. The number of allylic oxidation sites excluding steroid dienone is 9. The average molecular weight is 798 g/mol. The molecule has 0 rings (SSSR count). The number of aliphatic hydroxyl groups is 2. The molecule has 1 amide bonds. The fourth-order valence-electron chi connectivity index (χ4n) is 6.87. The molecule has 6 heteroatoms. The van der Waals surface area contributed by atoms with Crippen molar-refractivity contribution in [1.29, 1.82) is 0 Å². The summed E-state index contributed by atoms with van der Waals surface area (Å²) in [6.45, 7) is 6.39. The molecule has 330 valence electrons. The number of amides is 1. The standard InChI is InChI=1S/C51H91NO5/c1-4-7-10-13-16-19-21-23-25-26-28-31-33-36-39-42-47(57-51(56)44-41-38-35-32-29-27-24-22-20-17-14-11-8-5-2)45-50(55)52-48(46-53)49(54)43-40-37-34-30-18-15-12-9-6-3/h16,19,23,25,27-29,31,36,39,47-49,53-54H,4-15,17-18,20-22,24,26,30,32-35,37-38,40-46H2,1-3H3,(H,52,55)/b19-16-,25-23-,29-27-,31-28-,39-36-. The van der Waals surface area contributed by atoms with Crippen LogP contribution in [-0.4, -0.2) is 46.9 Å². The maximum Gasteiger partial charge on any atom is 0.306 e. The highest BCUT2D eigenvalue weighted by molar-refractivity contribution is 5.77. The largest absolute Gasteiger partial charge is 0.461 e. The molecule has 0 aliphatic rings. The Labute approximate surface area is 352 Å². The van der Waals surface area contributed by atoms with Crippen LogP contribution >= 0.6 is 0 Å². The van der Waals surface area contributed by atoms with E-state index in [1.54, 1.807) is 0 Å². The molecule has 0 fully saturated rings. The van der Waals surface area contributed by atoms with Gasteiger partial charge in [-0.25, -0.2) is 0 Å². The number of hydrogen-bond acceptors (Lipinski definition) is 5. The van der Waals surface area contributed by atoms with Gasteiger partial charge in [0.1, 0.15) is 6.10 Å². The Morgan fingerprint density at radius 3 is 1.46 bits per heavy atom. The molecule has 3 unspecified atom stereocenters. The molecule has 0 aromatic rings. The zero-order valence-corrected chi connectivity index (χ0v) is 37.5. The van der Waals surface area contributed by atoms with Crippen molar-refractivity contribution in [1.82, 2.24) is 5.32 Å². The second-order valence-corrected chi connectivity index (χ2v) is 16.2. The summed E-state index contributed by atoms with van der Waals surface area (Å²) in [5.74, 6) is -0.598. The number of rotatable bonds is 42. The zero-order chi connectivity index (χ0) is 41.7. The predicted molar refractivity (Wildman–Crippen MR) is 245 cm³/mol. The highest BCUT2D eigenvalue weighted by Gasteiger charge is 2.23. The number of carbonyl (C=O) groups is 2. The molecule has 0 saturated carbocycles. The molecule has 0 saturated heterocycles. The van der Waals surface area contributed by atoms with E-state index in [2.05, 4.69) is 74.7 Å². The third kappa shape index (κ3) is 40.1. The summed E-state index contributed by atoms with van der Waals surface area (Å²) in [4.78, 5) is 26.0. The maximum atomic E-state index is 13.1. The Bertz CT molecular complexity index is 1030. The lowest BCUT2D eigenvalue weighted by molar-refractivity contribution is -0.150. The van der Waals surface area contributed by atoms with Crippen molar-refractivity contribution in [3.63, 3.8) is 0 Å². The number of unbranched alkanes of at least 4 members (excludes halogenated alkanes) is 21. The lowest BCUT2D eigenvalue weighted by Crippen LogP contribution is -2.46. The van der Waals surface area contributed by atoms with Crippen molar-refractivity contribution in [2.75, 3.05) is 6.61 Å². The van der Waals surface area contributed by atoms with Gasteiger partial charge >= 0.3 is 5.97 Å². The highest BCUT2D eigenvalue weighted by atomic mass is 16.5. The summed E-state index contributed by atoms with van der Waals surface area (Å²) in [7, 11) is 0. The molecule has 0 aromatic heterocycles. The van der Waals surface area contributed by atoms with Gasteiger partial charge < -0.3 is 20.3 Å². The molecule has 3 atom stereocenters. The molecule has 0 spiro atoms. The molecule has 0 heterocycles. The summed E-state index contributed by atoms with van der Waals surface area (Å²) in [6, 6.07) is -0.732. The molecule has 57 heavy (non-hydrogen) atoms. The van der Waals surface area contributed by atoms with E-state index in [1.165, 1.54) is 109 Å². The van der Waals surface area contributed by atoms with Crippen LogP contribution in [0.4, 0.5) is 0 Å². The van der Waals surface area contributed by atoms with Gasteiger partial charge in [-0.3, -0.25) is 9.59 Å². The van der Waals surface area contributed by atoms with Gasteiger partial charge in [0.2, 0.25) is 5.91 Å². The molecule has 0 aromatic carbocycles. The quantitative estimate of drug-likeness (QED) is 0.0325.